The third-order valence-corrected chi connectivity index (χ3v) is 4.04. The van der Waals surface area contributed by atoms with Gasteiger partial charge < -0.3 is 15.3 Å². The van der Waals surface area contributed by atoms with Gasteiger partial charge in [-0.25, -0.2) is 15.0 Å². The van der Waals surface area contributed by atoms with E-state index in [9.17, 15) is 14.9 Å². The van der Waals surface area contributed by atoms with Gasteiger partial charge in [-0.15, -0.1) is 0 Å². The number of pyridine rings is 1. The smallest absolute Gasteiger partial charge is 0.353 e. The van der Waals surface area contributed by atoms with Crippen LogP contribution < -0.4 is 10.2 Å². The summed E-state index contributed by atoms with van der Waals surface area (Å²) in [5.41, 5.74) is -0.248. The minimum absolute atomic E-state index is 0.0501. The van der Waals surface area contributed by atoms with E-state index in [1.54, 1.807) is 29.3 Å². The van der Waals surface area contributed by atoms with E-state index in [0.29, 0.717) is 31.7 Å². The lowest BCUT2D eigenvalue weighted by molar-refractivity contribution is -0.383. The fourth-order valence-corrected chi connectivity index (χ4v) is 2.76. The Morgan fingerprint density at radius 2 is 2.04 bits per heavy atom. The number of nitrogens with one attached hydrogen (secondary N) is 1. The van der Waals surface area contributed by atoms with Crippen molar-refractivity contribution in [2.24, 2.45) is 5.92 Å². The topological polar surface area (TPSA) is 134 Å². The van der Waals surface area contributed by atoms with Crippen LogP contribution in [0.2, 0.25) is 0 Å². The van der Waals surface area contributed by atoms with E-state index in [4.69, 9.17) is 5.11 Å². The second-order valence-electron chi connectivity index (χ2n) is 5.59. The first-order chi connectivity index (χ1) is 12.1. The highest BCUT2D eigenvalue weighted by molar-refractivity contribution is 5.74. The molecule has 0 aliphatic carbocycles. The van der Waals surface area contributed by atoms with E-state index in [-0.39, 0.29) is 17.3 Å². The summed E-state index contributed by atoms with van der Waals surface area (Å²) in [6.07, 6.45) is 3.64. The zero-order valence-corrected chi connectivity index (χ0v) is 13.2. The number of hydrogen-bond acceptors (Lipinski definition) is 8. The van der Waals surface area contributed by atoms with Crippen molar-refractivity contribution in [1.82, 2.24) is 15.0 Å². The van der Waals surface area contributed by atoms with Crippen molar-refractivity contribution in [2.75, 3.05) is 23.3 Å². The number of rotatable bonds is 5. The normalized spacial score (nSPS) is 15.0. The van der Waals surface area contributed by atoms with Crippen molar-refractivity contribution in [3.8, 4) is 0 Å². The van der Waals surface area contributed by atoms with Gasteiger partial charge in [-0.2, -0.15) is 0 Å². The summed E-state index contributed by atoms with van der Waals surface area (Å²) in [6, 6.07) is 5.15. The van der Waals surface area contributed by atoms with Gasteiger partial charge in [-0.05, 0) is 25.0 Å². The number of aliphatic carboxylic acids is 1. The molecule has 0 radical (unpaired) electrons. The lowest BCUT2D eigenvalue weighted by Crippen LogP contribution is -2.37. The molecule has 1 saturated heterocycles. The molecule has 1 fully saturated rings. The van der Waals surface area contributed by atoms with E-state index in [2.05, 4.69) is 20.3 Å². The molecule has 0 atom stereocenters. The third-order valence-electron chi connectivity index (χ3n) is 4.04. The standard InChI is InChI=1S/C15H16N6O4/c22-15(23)10-4-7-20(8-5-10)14-12(21(24)25)13(17-9-18-14)19-11-3-1-2-6-16-11/h1-3,6,9-10H,4-5,7-8H2,(H,22,23)(H,16,17,18,19). The van der Waals surface area contributed by atoms with Crippen molar-refractivity contribution in [3.63, 3.8) is 0 Å². The molecule has 10 heteroatoms. The van der Waals surface area contributed by atoms with Gasteiger partial charge in [0.2, 0.25) is 11.6 Å². The number of hydrogen-bond donors (Lipinski definition) is 2. The zero-order valence-electron chi connectivity index (χ0n) is 13.2. The van der Waals surface area contributed by atoms with E-state index >= 15 is 0 Å². The van der Waals surface area contributed by atoms with Crippen molar-refractivity contribution < 1.29 is 14.8 Å². The van der Waals surface area contributed by atoms with Crippen LogP contribution in [0.1, 0.15) is 12.8 Å². The molecule has 0 unspecified atom stereocenters. The Balaban J connectivity index is 1.88. The van der Waals surface area contributed by atoms with Crippen molar-refractivity contribution >= 4 is 29.1 Å². The second kappa shape index (κ2) is 7.07. The maximum Gasteiger partial charge on any atom is 0.353 e. The average Bonchev–Trinajstić information content (AvgIpc) is 2.62. The monoisotopic (exact) mass is 344 g/mol. The van der Waals surface area contributed by atoms with Crippen LogP contribution in [0.3, 0.4) is 0 Å². The first-order valence-corrected chi connectivity index (χ1v) is 7.71. The number of anilines is 3. The van der Waals surface area contributed by atoms with Gasteiger partial charge in [0, 0.05) is 19.3 Å². The number of nitro groups is 1. The highest BCUT2D eigenvalue weighted by Crippen LogP contribution is 2.35. The third kappa shape index (κ3) is 3.62. The molecule has 0 saturated carbocycles. The molecular weight excluding hydrogens is 328 g/mol. The second-order valence-corrected chi connectivity index (χ2v) is 5.59. The summed E-state index contributed by atoms with van der Waals surface area (Å²) in [5.74, 6) is -0.603. The summed E-state index contributed by atoms with van der Waals surface area (Å²) in [7, 11) is 0. The first kappa shape index (κ1) is 16.6. The lowest BCUT2D eigenvalue weighted by Gasteiger charge is -2.30. The number of carboxylic acids is 1. The Morgan fingerprint density at radius 1 is 1.28 bits per heavy atom. The molecule has 25 heavy (non-hydrogen) atoms. The van der Waals surface area contributed by atoms with Crippen LogP contribution >= 0.6 is 0 Å². The largest absolute Gasteiger partial charge is 0.481 e. The maximum atomic E-state index is 11.6. The Labute approximate surface area is 142 Å². The predicted octanol–water partition coefficient (Wildman–Crippen LogP) is 1.82. The van der Waals surface area contributed by atoms with Crippen LogP contribution in [0.25, 0.3) is 0 Å². The number of carbonyl (C=O) groups is 1. The fourth-order valence-electron chi connectivity index (χ4n) is 2.76. The first-order valence-electron chi connectivity index (χ1n) is 7.71. The minimum Gasteiger partial charge on any atom is -0.481 e. The highest BCUT2D eigenvalue weighted by Gasteiger charge is 2.31. The molecule has 1 aliphatic heterocycles. The molecule has 3 heterocycles. The molecule has 10 nitrogen and oxygen atoms in total. The molecule has 0 amide bonds. The Morgan fingerprint density at radius 3 is 2.64 bits per heavy atom. The molecule has 1 aliphatic rings. The van der Waals surface area contributed by atoms with Crippen LogP contribution in [0.15, 0.2) is 30.7 Å². The molecule has 2 aromatic rings. The van der Waals surface area contributed by atoms with Gasteiger partial charge in [0.1, 0.15) is 12.1 Å². The average molecular weight is 344 g/mol. The van der Waals surface area contributed by atoms with Gasteiger partial charge >= 0.3 is 11.7 Å². The van der Waals surface area contributed by atoms with Crippen molar-refractivity contribution in [1.29, 1.82) is 0 Å². The fraction of sp³-hybridized carbons (Fsp3) is 0.333. The highest BCUT2D eigenvalue weighted by atomic mass is 16.6. The quantitative estimate of drug-likeness (QED) is 0.615. The predicted molar refractivity (Wildman–Crippen MR) is 88.8 cm³/mol. The van der Waals surface area contributed by atoms with Crippen molar-refractivity contribution in [3.05, 3.63) is 40.8 Å². The molecule has 0 aromatic carbocycles. The molecule has 3 rings (SSSR count). The molecule has 0 spiro atoms. The van der Waals surface area contributed by atoms with Crippen LogP contribution in [-0.4, -0.2) is 44.0 Å². The lowest BCUT2D eigenvalue weighted by atomic mass is 9.97. The molecule has 2 aromatic heterocycles. The molecule has 2 N–H and O–H groups in total. The molecule has 130 valence electrons. The summed E-state index contributed by atoms with van der Waals surface area (Å²) < 4.78 is 0. The van der Waals surface area contributed by atoms with E-state index in [0.717, 1.165) is 0 Å². The maximum absolute atomic E-state index is 11.6. The van der Waals surface area contributed by atoms with Gasteiger partial charge in [0.25, 0.3) is 0 Å². The van der Waals surface area contributed by atoms with E-state index < -0.39 is 16.8 Å². The van der Waals surface area contributed by atoms with E-state index in [1.165, 1.54) is 6.33 Å². The van der Waals surface area contributed by atoms with Gasteiger partial charge in [0.05, 0.1) is 10.8 Å². The number of carboxylic acid groups (broad SMARTS) is 1. The molecule has 0 bridgehead atoms. The summed E-state index contributed by atoms with van der Waals surface area (Å²) >= 11 is 0. The Kier molecular flexibility index (Phi) is 4.68. The molecular formula is C15H16N6O4. The van der Waals surface area contributed by atoms with Crippen LogP contribution in [0.4, 0.5) is 23.1 Å². The Bertz CT molecular complexity index is 777. The van der Waals surface area contributed by atoms with Crippen LogP contribution in [-0.2, 0) is 4.79 Å². The van der Waals surface area contributed by atoms with Crippen LogP contribution in [0.5, 0.6) is 0 Å². The van der Waals surface area contributed by atoms with Gasteiger partial charge in [-0.3, -0.25) is 14.9 Å². The Hall–Kier alpha value is -3.30. The number of piperidine rings is 1. The van der Waals surface area contributed by atoms with Crippen LogP contribution in [0, 0.1) is 16.0 Å². The number of nitrogens with zero attached hydrogens (tertiary/aromatic N) is 5. The summed E-state index contributed by atoms with van der Waals surface area (Å²) in [5, 5.41) is 23.5. The minimum atomic E-state index is -0.839. The van der Waals surface area contributed by atoms with Gasteiger partial charge in [0.15, 0.2) is 0 Å². The SMILES string of the molecule is O=C(O)C1CCN(c2ncnc(Nc3ccccn3)c2[N+](=O)[O-])CC1. The zero-order chi connectivity index (χ0) is 17.8. The summed E-state index contributed by atoms with van der Waals surface area (Å²) in [6.45, 7) is 0.774. The van der Waals surface area contributed by atoms with Crippen molar-refractivity contribution in [2.45, 2.75) is 12.8 Å². The summed E-state index contributed by atoms with van der Waals surface area (Å²) in [4.78, 5) is 35.9. The van der Waals surface area contributed by atoms with Gasteiger partial charge in [-0.1, -0.05) is 6.07 Å². The number of aromatic nitrogens is 3. The van der Waals surface area contributed by atoms with E-state index in [1.807, 2.05) is 0 Å².